The quantitative estimate of drug-likeness (QED) is 0.634. The van der Waals surface area contributed by atoms with Gasteiger partial charge in [0.25, 0.3) is 0 Å². The Kier molecular flexibility index (Phi) is 6.91. The van der Waals surface area contributed by atoms with Gasteiger partial charge in [0.15, 0.2) is 0 Å². The highest BCUT2D eigenvalue weighted by molar-refractivity contribution is 5.97. The van der Waals surface area contributed by atoms with Crippen molar-refractivity contribution in [3.05, 3.63) is 54.1 Å². The Morgan fingerprint density at radius 2 is 1.38 bits per heavy atom. The van der Waals surface area contributed by atoms with Gasteiger partial charge in [0.1, 0.15) is 5.78 Å². The Morgan fingerprint density at radius 1 is 0.808 bits per heavy atom. The van der Waals surface area contributed by atoms with Gasteiger partial charge in [-0.2, -0.15) is 0 Å². The van der Waals surface area contributed by atoms with E-state index >= 15 is 0 Å². The molecule has 2 aromatic rings. The van der Waals surface area contributed by atoms with E-state index in [2.05, 4.69) is 10.6 Å². The number of Topliss-reactive ketones (excluding diaryl/α,β-unsaturated/α-hetero) is 1. The standard InChI is InChI=1S/C20H23N3O3/c1-14-6-8-15(9-7-14)22-19(25)12-10-16(24)11-13-20(26)23-18-5-3-2-4-17(18)21/h2-9H,10-13,21H2,1H3,(H,22,25)(H,23,26). The van der Waals surface area contributed by atoms with Crippen molar-refractivity contribution in [1.82, 2.24) is 0 Å². The van der Waals surface area contributed by atoms with Crippen LogP contribution in [0.2, 0.25) is 0 Å². The number of nitrogen functional groups attached to an aromatic ring is 1. The number of aryl methyl sites for hydroxylation is 1. The van der Waals surface area contributed by atoms with Crippen LogP contribution in [0.25, 0.3) is 0 Å². The molecule has 0 aliphatic heterocycles. The molecule has 0 heterocycles. The molecule has 0 atom stereocenters. The maximum Gasteiger partial charge on any atom is 0.224 e. The summed E-state index contributed by atoms with van der Waals surface area (Å²) in [4.78, 5) is 35.6. The predicted octanol–water partition coefficient (Wildman–Crippen LogP) is 3.28. The van der Waals surface area contributed by atoms with Crippen molar-refractivity contribution in [2.45, 2.75) is 32.6 Å². The molecule has 4 N–H and O–H groups in total. The van der Waals surface area contributed by atoms with E-state index in [-0.39, 0.29) is 43.3 Å². The van der Waals surface area contributed by atoms with E-state index in [1.807, 2.05) is 31.2 Å². The summed E-state index contributed by atoms with van der Waals surface area (Å²) in [5.41, 5.74) is 8.56. The molecule has 0 spiro atoms. The summed E-state index contributed by atoms with van der Waals surface area (Å²) in [5.74, 6) is -0.621. The van der Waals surface area contributed by atoms with E-state index in [9.17, 15) is 14.4 Å². The molecule has 26 heavy (non-hydrogen) atoms. The molecule has 2 amide bonds. The van der Waals surface area contributed by atoms with Crippen molar-refractivity contribution in [3.63, 3.8) is 0 Å². The molecule has 0 radical (unpaired) electrons. The van der Waals surface area contributed by atoms with Gasteiger partial charge in [-0.25, -0.2) is 0 Å². The van der Waals surface area contributed by atoms with Gasteiger partial charge in [-0.1, -0.05) is 29.8 Å². The number of para-hydroxylation sites is 2. The maximum atomic E-state index is 11.9. The van der Waals surface area contributed by atoms with Gasteiger partial charge in [0, 0.05) is 31.4 Å². The van der Waals surface area contributed by atoms with E-state index in [0.29, 0.717) is 17.1 Å². The number of hydrogen-bond donors (Lipinski definition) is 3. The van der Waals surface area contributed by atoms with Crippen LogP contribution in [0.15, 0.2) is 48.5 Å². The third-order valence-corrected chi connectivity index (χ3v) is 3.83. The molecular weight excluding hydrogens is 330 g/mol. The summed E-state index contributed by atoms with van der Waals surface area (Å²) in [5, 5.41) is 5.42. The fraction of sp³-hybridized carbons (Fsp3) is 0.250. The van der Waals surface area contributed by atoms with E-state index in [1.165, 1.54) is 0 Å². The Balaban J connectivity index is 1.68. The number of ketones is 1. The van der Waals surface area contributed by atoms with Gasteiger partial charge in [-0.15, -0.1) is 0 Å². The Labute approximate surface area is 152 Å². The van der Waals surface area contributed by atoms with Gasteiger partial charge >= 0.3 is 0 Å². The first-order chi connectivity index (χ1) is 12.4. The number of nitrogens with two attached hydrogens (primary N) is 1. The SMILES string of the molecule is Cc1ccc(NC(=O)CCC(=O)CCC(=O)Nc2ccccc2N)cc1. The van der Waals surface area contributed by atoms with Crippen LogP contribution < -0.4 is 16.4 Å². The van der Waals surface area contributed by atoms with E-state index < -0.39 is 0 Å². The van der Waals surface area contributed by atoms with Gasteiger partial charge in [-0.05, 0) is 31.2 Å². The molecule has 0 saturated carbocycles. The lowest BCUT2D eigenvalue weighted by Crippen LogP contribution is -2.16. The largest absolute Gasteiger partial charge is 0.397 e. The molecule has 6 heteroatoms. The maximum absolute atomic E-state index is 11.9. The second-order valence-electron chi connectivity index (χ2n) is 6.09. The highest BCUT2D eigenvalue weighted by atomic mass is 16.2. The van der Waals surface area contributed by atoms with Crippen LogP contribution in [0.5, 0.6) is 0 Å². The first kappa shape index (κ1) is 19.2. The lowest BCUT2D eigenvalue weighted by molar-refractivity contribution is -0.124. The minimum atomic E-state index is -0.277. The molecule has 136 valence electrons. The number of benzene rings is 2. The highest BCUT2D eigenvalue weighted by Crippen LogP contribution is 2.17. The smallest absolute Gasteiger partial charge is 0.224 e. The van der Waals surface area contributed by atoms with Crippen molar-refractivity contribution >= 4 is 34.7 Å². The van der Waals surface area contributed by atoms with Crippen LogP contribution in [0, 0.1) is 6.92 Å². The fourth-order valence-corrected chi connectivity index (χ4v) is 2.31. The van der Waals surface area contributed by atoms with Crippen LogP contribution in [0.4, 0.5) is 17.1 Å². The minimum absolute atomic E-state index is 0.0623. The second kappa shape index (κ2) is 9.36. The topological polar surface area (TPSA) is 101 Å². The first-order valence-electron chi connectivity index (χ1n) is 8.46. The monoisotopic (exact) mass is 353 g/mol. The third kappa shape index (κ3) is 6.39. The van der Waals surface area contributed by atoms with Gasteiger partial charge < -0.3 is 16.4 Å². The zero-order valence-corrected chi connectivity index (χ0v) is 14.7. The van der Waals surface area contributed by atoms with Gasteiger partial charge in [-0.3, -0.25) is 14.4 Å². The molecule has 0 aliphatic rings. The number of carbonyl (C=O) groups is 3. The molecule has 0 saturated heterocycles. The number of anilines is 3. The fourth-order valence-electron chi connectivity index (χ4n) is 2.31. The summed E-state index contributed by atoms with van der Waals surface area (Å²) < 4.78 is 0. The number of nitrogens with one attached hydrogen (secondary N) is 2. The second-order valence-corrected chi connectivity index (χ2v) is 6.09. The Hall–Kier alpha value is -3.15. The van der Waals surface area contributed by atoms with E-state index in [1.54, 1.807) is 24.3 Å². The first-order valence-corrected chi connectivity index (χ1v) is 8.46. The Morgan fingerprint density at radius 3 is 2.00 bits per heavy atom. The summed E-state index contributed by atoms with van der Waals surface area (Å²) >= 11 is 0. The normalized spacial score (nSPS) is 10.2. The van der Waals surface area contributed by atoms with Crippen molar-refractivity contribution in [2.24, 2.45) is 0 Å². The molecular formula is C20H23N3O3. The lowest BCUT2D eigenvalue weighted by atomic mass is 10.1. The molecule has 0 unspecified atom stereocenters. The molecule has 0 aliphatic carbocycles. The van der Waals surface area contributed by atoms with Crippen molar-refractivity contribution < 1.29 is 14.4 Å². The average molecular weight is 353 g/mol. The highest BCUT2D eigenvalue weighted by Gasteiger charge is 2.11. The van der Waals surface area contributed by atoms with E-state index in [4.69, 9.17) is 5.73 Å². The summed E-state index contributed by atoms with van der Waals surface area (Å²) in [6.07, 6.45) is 0.363. The summed E-state index contributed by atoms with van der Waals surface area (Å²) in [6, 6.07) is 14.4. The average Bonchev–Trinajstić information content (AvgIpc) is 2.62. The molecule has 2 aromatic carbocycles. The number of carbonyl (C=O) groups excluding carboxylic acids is 3. The van der Waals surface area contributed by atoms with Gasteiger partial charge in [0.05, 0.1) is 11.4 Å². The van der Waals surface area contributed by atoms with Crippen molar-refractivity contribution in [2.75, 3.05) is 16.4 Å². The van der Waals surface area contributed by atoms with Crippen LogP contribution in [-0.4, -0.2) is 17.6 Å². The molecule has 0 bridgehead atoms. The Bertz CT molecular complexity index is 785. The van der Waals surface area contributed by atoms with Crippen LogP contribution in [0.1, 0.15) is 31.2 Å². The molecule has 0 fully saturated rings. The van der Waals surface area contributed by atoms with E-state index in [0.717, 1.165) is 5.56 Å². The van der Waals surface area contributed by atoms with Gasteiger partial charge in [0.2, 0.25) is 11.8 Å². The van der Waals surface area contributed by atoms with Crippen molar-refractivity contribution in [1.29, 1.82) is 0 Å². The predicted molar refractivity (Wildman–Crippen MR) is 103 cm³/mol. The molecule has 2 rings (SSSR count). The van der Waals surface area contributed by atoms with Crippen LogP contribution >= 0.6 is 0 Å². The minimum Gasteiger partial charge on any atom is -0.397 e. The summed E-state index contributed by atoms with van der Waals surface area (Å²) in [6.45, 7) is 1.96. The van der Waals surface area contributed by atoms with Crippen LogP contribution in [-0.2, 0) is 14.4 Å². The van der Waals surface area contributed by atoms with Crippen LogP contribution in [0.3, 0.4) is 0 Å². The molecule has 0 aromatic heterocycles. The van der Waals surface area contributed by atoms with Crippen molar-refractivity contribution in [3.8, 4) is 0 Å². The number of hydrogen-bond acceptors (Lipinski definition) is 4. The zero-order chi connectivity index (χ0) is 18.9. The summed E-state index contributed by atoms with van der Waals surface area (Å²) in [7, 11) is 0. The number of amides is 2. The zero-order valence-electron chi connectivity index (χ0n) is 14.7. The molecule has 6 nitrogen and oxygen atoms in total. The lowest BCUT2D eigenvalue weighted by Gasteiger charge is -2.08. The number of rotatable bonds is 8. The third-order valence-electron chi connectivity index (χ3n) is 3.83.